The lowest BCUT2D eigenvalue weighted by Crippen LogP contribution is -2.58. The van der Waals surface area contributed by atoms with Crippen LogP contribution >= 0.6 is 0 Å². The average molecular weight is 203 g/mol. The summed E-state index contributed by atoms with van der Waals surface area (Å²) in [5, 5.41) is 30.2. The van der Waals surface area contributed by atoms with E-state index in [2.05, 4.69) is 10.3 Å². The largest absolute Gasteiger partial charge is 0.481 e. The Kier molecular flexibility index (Phi) is 3.39. The summed E-state index contributed by atoms with van der Waals surface area (Å²) >= 11 is 0. The highest BCUT2D eigenvalue weighted by molar-refractivity contribution is 5.71. The number of aliphatic hydroxyl groups is 2. The lowest BCUT2D eigenvalue weighted by molar-refractivity contribution is -0.152. The molecular weight excluding hydrogens is 190 g/mol. The summed E-state index contributed by atoms with van der Waals surface area (Å²) in [7, 11) is 0. The van der Waals surface area contributed by atoms with Crippen LogP contribution in [-0.2, 0) is 4.79 Å². The summed E-state index contributed by atoms with van der Waals surface area (Å²) in [6.45, 7) is 0.0512. The lowest BCUT2D eigenvalue weighted by Gasteiger charge is -2.34. The SMILES string of the molecule is NC=NC1NCC(C(=O)O)C(O)C1O. The third kappa shape index (κ3) is 2.00. The first kappa shape index (κ1) is 10.9. The molecule has 0 aliphatic carbocycles. The van der Waals surface area contributed by atoms with Gasteiger partial charge in [0.25, 0.3) is 0 Å². The van der Waals surface area contributed by atoms with E-state index in [1.807, 2.05) is 0 Å². The molecule has 1 aliphatic heterocycles. The van der Waals surface area contributed by atoms with Crippen LogP contribution in [0.25, 0.3) is 0 Å². The summed E-state index contributed by atoms with van der Waals surface area (Å²) in [4.78, 5) is 14.2. The molecule has 0 bridgehead atoms. The molecule has 0 aromatic rings. The zero-order valence-corrected chi connectivity index (χ0v) is 7.37. The molecule has 1 rings (SSSR count). The van der Waals surface area contributed by atoms with Gasteiger partial charge in [-0.05, 0) is 0 Å². The Morgan fingerprint density at radius 2 is 2.14 bits per heavy atom. The highest BCUT2D eigenvalue weighted by Gasteiger charge is 2.40. The molecule has 0 aromatic heterocycles. The smallest absolute Gasteiger partial charge is 0.310 e. The maximum atomic E-state index is 10.6. The molecule has 0 radical (unpaired) electrons. The number of aliphatic imine (C=N–C) groups is 1. The number of nitrogens with one attached hydrogen (secondary N) is 1. The third-order valence-corrected chi connectivity index (χ3v) is 2.20. The van der Waals surface area contributed by atoms with Crippen LogP contribution < -0.4 is 11.1 Å². The quantitative estimate of drug-likeness (QED) is 0.246. The van der Waals surface area contributed by atoms with Crippen LogP contribution in [0.2, 0.25) is 0 Å². The minimum absolute atomic E-state index is 0.0512. The van der Waals surface area contributed by atoms with Crippen LogP contribution in [-0.4, -0.2) is 52.5 Å². The van der Waals surface area contributed by atoms with Crippen LogP contribution in [0.3, 0.4) is 0 Å². The number of piperidine rings is 1. The monoisotopic (exact) mass is 203 g/mol. The van der Waals surface area contributed by atoms with E-state index in [0.717, 1.165) is 6.34 Å². The van der Waals surface area contributed by atoms with Gasteiger partial charge in [0.15, 0.2) is 0 Å². The summed E-state index contributed by atoms with van der Waals surface area (Å²) in [5.74, 6) is -2.17. The number of aliphatic carboxylic acids is 1. The lowest BCUT2D eigenvalue weighted by atomic mass is 9.92. The van der Waals surface area contributed by atoms with E-state index in [9.17, 15) is 15.0 Å². The van der Waals surface area contributed by atoms with Crippen LogP contribution in [0, 0.1) is 5.92 Å². The van der Waals surface area contributed by atoms with Gasteiger partial charge in [-0.2, -0.15) is 0 Å². The van der Waals surface area contributed by atoms with Crippen LogP contribution in [0.15, 0.2) is 4.99 Å². The number of hydrogen-bond donors (Lipinski definition) is 5. The molecule has 14 heavy (non-hydrogen) atoms. The van der Waals surface area contributed by atoms with Crippen molar-refractivity contribution in [3.05, 3.63) is 0 Å². The first-order chi connectivity index (χ1) is 6.57. The Morgan fingerprint density at radius 1 is 1.50 bits per heavy atom. The molecule has 0 aromatic carbocycles. The summed E-state index contributed by atoms with van der Waals surface area (Å²) in [6.07, 6.45) is -2.34. The first-order valence-electron chi connectivity index (χ1n) is 4.13. The molecule has 80 valence electrons. The van der Waals surface area contributed by atoms with Crippen molar-refractivity contribution in [2.45, 2.75) is 18.4 Å². The molecule has 7 nitrogen and oxygen atoms in total. The van der Waals surface area contributed by atoms with Crippen molar-refractivity contribution in [3.8, 4) is 0 Å². The molecule has 7 heteroatoms. The van der Waals surface area contributed by atoms with Crippen molar-refractivity contribution in [1.82, 2.24) is 5.32 Å². The molecule has 6 N–H and O–H groups in total. The van der Waals surface area contributed by atoms with Crippen molar-refractivity contribution in [2.24, 2.45) is 16.6 Å². The number of carbonyl (C=O) groups is 1. The predicted molar refractivity (Wildman–Crippen MR) is 47.6 cm³/mol. The molecule has 1 aliphatic rings. The summed E-state index contributed by atoms with van der Waals surface area (Å²) in [5.41, 5.74) is 5.02. The Balaban J connectivity index is 2.68. The molecule has 4 unspecified atom stereocenters. The fraction of sp³-hybridized carbons (Fsp3) is 0.714. The van der Waals surface area contributed by atoms with Gasteiger partial charge in [0, 0.05) is 6.54 Å². The van der Waals surface area contributed by atoms with Gasteiger partial charge in [-0.1, -0.05) is 0 Å². The van der Waals surface area contributed by atoms with E-state index in [0.29, 0.717) is 0 Å². The number of nitrogens with two attached hydrogens (primary N) is 1. The second kappa shape index (κ2) is 4.36. The number of nitrogens with zero attached hydrogens (tertiary/aromatic N) is 1. The van der Waals surface area contributed by atoms with E-state index in [4.69, 9.17) is 10.8 Å². The minimum Gasteiger partial charge on any atom is -0.481 e. The molecule has 0 amide bonds. The van der Waals surface area contributed by atoms with Gasteiger partial charge in [0.05, 0.1) is 18.4 Å². The van der Waals surface area contributed by atoms with Gasteiger partial charge in [0.1, 0.15) is 12.3 Å². The summed E-state index contributed by atoms with van der Waals surface area (Å²) in [6, 6.07) is 0. The first-order valence-corrected chi connectivity index (χ1v) is 4.13. The van der Waals surface area contributed by atoms with Crippen molar-refractivity contribution in [3.63, 3.8) is 0 Å². The highest BCUT2D eigenvalue weighted by Crippen LogP contribution is 2.16. The van der Waals surface area contributed by atoms with E-state index >= 15 is 0 Å². The molecule has 0 saturated carbocycles. The number of hydrogen-bond acceptors (Lipinski definition) is 5. The molecule has 1 fully saturated rings. The van der Waals surface area contributed by atoms with E-state index in [-0.39, 0.29) is 6.54 Å². The Morgan fingerprint density at radius 3 is 2.64 bits per heavy atom. The van der Waals surface area contributed by atoms with Crippen LogP contribution in [0.4, 0.5) is 0 Å². The molecule has 4 atom stereocenters. The number of aliphatic hydroxyl groups excluding tert-OH is 2. The maximum absolute atomic E-state index is 10.6. The Labute approximate surface area is 80.3 Å². The van der Waals surface area contributed by atoms with Gasteiger partial charge in [0.2, 0.25) is 0 Å². The normalized spacial score (nSPS) is 38.7. The Bertz CT molecular complexity index is 245. The fourth-order valence-corrected chi connectivity index (χ4v) is 1.38. The van der Waals surface area contributed by atoms with Crippen molar-refractivity contribution in [2.75, 3.05) is 6.54 Å². The standard InChI is InChI=1S/C7H13N3O4/c8-2-10-6-5(12)4(11)3(1-9-6)7(13)14/h2-6,9,11-12H,1H2,(H2,8,10)(H,13,14). The van der Waals surface area contributed by atoms with Crippen molar-refractivity contribution >= 4 is 12.3 Å². The highest BCUT2D eigenvalue weighted by atomic mass is 16.4. The van der Waals surface area contributed by atoms with E-state index in [1.165, 1.54) is 0 Å². The zero-order valence-electron chi connectivity index (χ0n) is 7.37. The van der Waals surface area contributed by atoms with Crippen molar-refractivity contribution in [1.29, 1.82) is 0 Å². The Hall–Kier alpha value is -1.18. The topological polar surface area (TPSA) is 128 Å². The van der Waals surface area contributed by atoms with Gasteiger partial charge >= 0.3 is 5.97 Å². The van der Waals surface area contributed by atoms with Gasteiger partial charge < -0.3 is 21.1 Å². The number of rotatable bonds is 2. The van der Waals surface area contributed by atoms with E-state index in [1.54, 1.807) is 0 Å². The molecular formula is C7H13N3O4. The average Bonchev–Trinajstić information content (AvgIpc) is 2.13. The minimum atomic E-state index is -1.33. The molecule has 1 heterocycles. The van der Waals surface area contributed by atoms with Gasteiger partial charge in [-0.3, -0.25) is 15.1 Å². The number of carboxylic acid groups (broad SMARTS) is 1. The zero-order chi connectivity index (χ0) is 10.7. The maximum Gasteiger partial charge on any atom is 0.310 e. The van der Waals surface area contributed by atoms with Crippen molar-refractivity contribution < 1.29 is 20.1 Å². The van der Waals surface area contributed by atoms with Crippen LogP contribution in [0.5, 0.6) is 0 Å². The van der Waals surface area contributed by atoms with Gasteiger partial charge in [-0.15, -0.1) is 0 Å². The van der Waals surface area contributed by atoms with Gasteiger partial charge in [-0.25, -0.2) is 0 Å². The molecule has 1 saturated heterocycles. The number of carboxylic acids is 1. The second-order valence-corrected chi connectivity index (χ2v) is 3.08. The predicted octanol–water partition coefficient (Wildman–Crippen LogP) is -2.67. The fourth-order valence-electron chi connectivity index (χ4n) is 1.38. The third-order valence-electron chi connectivity index (χ3n) is 2.20. The second-order valence-electron chi connectivity index (χ2n) is 3.08. The molecule has 0 spiro atoms. The van der Waals surface area contributed by atoms with Crippen LogP contribution in [0.1, 0.15) is 0 Å². The summed E-state index contributed by atoms with van der Waals surface area (Å²) < 4.78 is 0. The van der Waals surface area contributed by atoms with E-state index < -0.39 is 30.3 Å².